The molecule has 0 amide bonds. The summed E-state index contributed by atoms with van der Waals surface area (Å²) in [7, 11) is -7.82. The van der Waals surface area contributed by atoms with Gasteiger partial charge in [0.1, 0.15) is 11.5 Å². The lowest BCUT2D eigenvalue weighted by Crippen LogP contribution is -2.23. The predicted molar refractivity (Wildman–Crippen MR) is 75.3 cm³/mol. The van der Waals surface area contributed by atoms with Gasteiger partial charge in [0.25, 0.3) is 0 Å². The third kappa shape index (κ3) is 3.91. The number of sulfonamides is 2. The SMILES string of the molecule is Cc1ccc(CNS(=O)(=O)c2cccc(S(N)(=O)=O)c2)o1. The van der Waals surface area contributed by atoms with E-state index in [1.165, 1.54) is 18.2 Å². The number of nitrogens with one attached hydrogen (secondary N) is 1. The van der Waals surface area contributed by atoms with Crippen molar-refractivity contribution in [3.8, 4) is 0 Å². The van der Waals surface area contributed by atoms with Gasteiger partial charge >= 0.3 is 0 Å². The van der Waals surface area contributed by atoms with E-state index in [9.17, 15) is 16.8 Å². The zero-order valence-corrected chi connectivity index (χ0v) is 12.7. The number of hydrogen-bond donors (Lipinski definition) is 2. The molecule has 0 radical (unpaired) electrons. The first kappa shape index (κ1) is 15.7. The lowest BCUT2D eigenvalue weighted by molar-refractivity contribution is 0.475. The minimum Gasteiger partial charge on any atom is -0.465 e. The van der Waals surface area contributed by atoms with Crippen molar-refractivity contribution in [3.63, 3.8) is 0 Å². The predicted octanol–water partition coefficient (Wildman–Crippen LogP) is 0.714. The van der Waals surface area contributed by atoms with Crippen LogP contribution in [0.15, 0.2) is 50.6 Å². The summed E-state index contributed by atoms with van der Waals surface area (Å²) in [5.74, 6) is 1.12. The zero-order chi connectivity index (χ0) is 15.7. The number of aryl methyl sites for hydroxylation is 1. The van der Waals surface area contributed by atoms with E-state index in [-0.39, 0.29) is 16.3 Å². The van der Waals surface area contributed by atoms with Gasteiger partial charge in [-0.3, -0.25) is 0 Å². The Morgan fingerprint density at radius 2 is 1.76 bits per heavy atom. The number of furan rings is 1. The van der Waals surface area contributed by atoms with Gasteiger partial charge in [-0.1, -0.05) is 6.07 Å². The van der Waals surface area contributed by atoms with Gasteiger partial charge in [0, 0.05) is 0 Å². The van der Waals surface area contributed by atoms with E-state index in [4.69, 9.17) is 9.56 Å². The second kappa shape index (κ2) is 5.60. The summed E-state index contributed by atoms with van der Waals surface area (Å²) >= 11 is 0. The fraction of sp³-hybridized carbons (Fsp3) is 0.167. The van der Waals surface area contributed by atoms with Crippen molar-refractivity contribution in [1.29, 1.82) is 0 Å². The molecule has 0 aliphatic rings. The monoisotopic (exact) mass is 330 g/mol. The van der Waals surface area contributed by atoms with Crippen LogP contribution < -0.4 is 9.86 Å². The molecule has 7 nitrogen and oxygen atoms in total. The molecule has 0 atom stereocenters. The molecule has 3 N–H and O–H groups in total. The Balaban J connectivity index is 2.23. The van der Waals surface area contributed by atoms with Crippen LogP contribution in [0.3, 0.4) is 0 Å². The minimum absolute atomic E-state index is 0.0320. The molecule has 1 aromatic carbocycles. The van der Waals surface area contributed by atoms with Crippen molar-refractivity contribution >= 4 is 20.0 Å². The van der Waals surface area contributed by atoms with Gasteiger partial charge in [-0.2, -0.15) is 0 Å². The molecule has 0 aliphatic carbocycles. The van der Waals surface area contributed by atoms with E-state index in [1.807, 2.05) is 0 Å². The van der Waals surface area contributed by atoms with Gasteiger partial charge in [-0.15, -0.1) is 0 Å². The molecule has 0 unspecified atom stereocenters. The van der Waals surface area contributed by atoms with E-state index in [1.54, 1.807) is 19.1 Å². The van der Waals surface area contributed by atoms with Crippen molar-refractivity contribution in [2.75, 3.05) is 0 Å². The summed E-state index contributed by atoms with van der Waals surface area (Å²) in [5, 5.41) is 4.98. The van der Waals surface area contributed by atoms with Crippen molar-refractivity contribution in [2.24, 2.45) is 5.14 Å². The highest BCUT2D eigenvalue weighted by molar-refractivity contribution is 7.90. The van der Waals surface area contributed by atoms with E-state index < -0.39 is 20.0 Å². The maximum absolute atomic E-state index is 12.1. The van der Waals surface area contributed by atoms with Crippen LogP contribution in [-0.2, 0) is 26.6 Å². The topological polar surface area (TPSA) is 119 Å². The van der Waals surface area contributed by atoms with Gasteiger partial charge in [-0.25, -0.2) is 26.7 Å². The average molecular weight is 330 g/mol. The molecule has 21 heavy (non-hydrogen) atoms. The second-order valence-electron chi connectivity index (χ2n) is 4.36. The van der Waals surface area contributed by atoms with Crippen LogP contribution in [0.5, 0.6) is 0 Å². The van der Waals surface area contributed by atoms with E-state index in [0.717, 1.165) is 6.07 Å². The Morgan fingerprint density at radius 1 is 1.10 bits per heavy atom. The third-order valence-electron chi connectivity index (χ3n) is 2.68. The summed E-state index contributed by atoms with van der Waals surface area (Å²) in [6.07, 6.45) is 0. The lowest BCUT2D eigenvalue weighted by Gasteiger charge is -2.06. The summed E-state index contributed by atoms with van der Waals surface area (Å²) in [5.41, 5.74) is 0. The number of hydrogen-bond acceptors (Lipinski definition) is 5. The van der Waals surface area contributed by atoms with Crippen LogP contribution in [0, 0.1) is 6.92 Å². The van der Waals surface area contributed by atoms with Gasteiger partial charge in [0.2, 0.25) is 20.0 Å². The molecule has 2 aromatic rings. The first-order chi connectivity index (χ1) is 9.68. The molecule has 0 saturated heterocycles. The van der Waals surface area contributed by atoms with E-state index in [2.05, 4.69) is 4.72 Å². The van der Waals surface area contributed by atoms with Crippen LogP contribution in [0.2, 0.25) is 0 Å². The molecule has 1 heterocycles. The number of primary sulfonamides is 1. The number of benzene rings is 1. The van der Waals surface area contributed by atoms with E-state index in [0.29, 0.717) is 11.5 Å². The van der Waals surface area contributed by atoms with Crippen molar-refractivity contribution < 1.29 is 21.3 Å². The maximum Gasteiger partial charge on any atom is 0.241 e. The van der Waals surface area contributed by atoms with Gasteiger partial charge in [0.05, 0.1) is 16.3 Å². The van der Waals surface area contributed by atoms with E-state index >= 15 is 0 Å². The first-order valence-corrected chi connectivity index (χ1v) is 8.89. The Bertz CT molecular complexity index is 853. The summed E-state index contributed by atoms with van der Waals surface area (Å²) in [6, 6.07) is 8.19. The molecule has 2 rings (SSSR count). The number of rotatable bonds is 5. The normalized spacial score (nSPS) is 12.5. The molecule has 114 valence electrons. The van der Waals surface area contributed by atoms with Crippen LogP contribution in [0.1, 0.15) is 11.5 Å². The zero-order valence-electron chi connectivity index (χ0n) is 11.1. The maximum atomic E-state index is 12.1. The summed E-state index contributed by atoms with van der Waals surface area (Å²) in [4.78, 5) is -0.448. The lowest BCUT2D eigenvalue weighted by atomic mass is 10.4. The van der Waals surface area contributed by atoms with Gasteiger partial charge < -0.3 is 4.42 Å². The Labute approximate surface area is 122 Å². The average Bonchev–Trinajstić information content (AvgIpc) is 2.82. The molecule has 0 saturated carbocycles. The Hall–Kier alpha value is -1.68. The smallest absolute Gasteiger partial charge is 0.241 e. The molecule has 9 heteroatoms. The highest BCUT2D eigenvalue weighted by atomic mass is 32.2. The van der Waals surface area contributed by atoms with Crippen LogP contribution in [0.4, 0.5) is 0 Å². The fourth-order valence-electron chi connectivity index (χ4n) is 1.65. The fourth-order valence-corrected chi connectivity index (χ4v) is 3.32. The highest BCUT2D eigenvalue weighted by Crippen LogP contribution is 2.15. The molecule has 0 aliphatic heterocycles. The standard InChI is InChI=1S/C12H14N2O5S2/c1-9-5-6-10(19-9)8-14-21(17,18)12-4-2-3-11(7-12)20(13,15)16/h2-7,14H,8H2,1H3,(H2,13,15,16). The Kier molecular flexibility index (Phi) is 4.19. The Morgan fingerprint density at radius 3 is 2.33 bits per heavy atom. The molecule has 0 fully saturated rings. The van der Waals surface area contributed by atoms with Gasteiger partial charge in [0.15, 0.2) is 0 Å². The van der Waals surface area contributed by atoms with Crippen LogP contribution in [-0.4, -0.2) is 16.8 Å². The molecule has 1 aromatic heterocycles. The van der Waals surface area contributed by atoms with Crippen LogP contribution in [0.25, 0.3) is 0 Å². The first-order valence-electron chi connectivity index (χ1n) is 5.86. The molecule has 0 spiro atoms. The highest BCUT2D eigenvalue weighted by Gasteiger charge is 2.17. The van der Waals surface area contributed by atoms with Crippen molar-refractivity contribution in [2.45, 2.75) is 23.3 Å². The summed E-state index contributed by atoms with van der Waals surface area (Å²) in [6.45, 7) is 1.71. The molecular formula is C12H14N2O5S2. The quantitative estimate of drug-likeness (QED) is 0.837. The van der Waals surface area contributed by atoms with Crippen molar-refractivity contribution in [3.05, 3.63) is 47.9 Å². The second-order valence-corrected chi connectivity index (χ2v) is 7.69. The number of nitrogens with two attached hydrogens (primary N) is 1. The van der Waals surface area contributed by atoms with Crippen molar-refractivity contribution in [1.82, 2.24) is 4.72 Å². The largest absolute Gasteiger partial charge is 0.465 e. The van der Waals surface area contributed by atoms with Crippen LogP contribution >= 0.6 is 0 Å². The minimum atomic E-state index is -3.96. The summed E-state index contributed by atoms with van der Waals surface area (Å²) < 4.78 is 54.3. The molecule has 0 bridgehead atoms. The molecular weight excluding hydrogens is 316 g/mol. The van der Waals surface area contributed by atoms with Gasteiger partial charge in [-0.05, 0) is 37.3 Å². The third-order valence-corrected chi connectivity index (χ3v) is 4.99.